The Labute approximate surface area is 205 Å². The van der Waals surface area contributed by atoms with Gasteiger partial charge in [-0.25, -0.2) is 4.79 Å². The van der Waals surface area contributed by atoms with E-state index in [0.29, 0.717) is 44.3 Å². The monoisotopic (exact) mass is 471 g/mol. The smallest absolute Gasteiger partial charge is 0.324 e. The molecule has 7 heteroatoms. The highest BCUT2D eigenvalue weighted by atomic mass is 16.2. The number of aromatic nitrogens is 1. The van der Waals surface area contributed by atoms with Crippen LogP contribution in [0, 0.1) is 31.1 Å². The molecule has 1 aromatic heterocycles. The second-order valence-corrected chi connectivity index (χ2v) is 9.61. The molecule has 4 rings (SSSR count). The number of nitrogens with one attached hydrogen (secondary N) is 1. The number of carbonyl (C=O) groups is 4. The molecule has 2 aliphatic rings. The number of likely N-dealkylation sites (tertiary alicyclic amines) is 1. The first-order valence-electron chi connectivity index (χ1n) is 11.8. The minimum Gasteiger partial charge on any atom is -0.324 e. The molecule has 2 heterocycles. The van der Waals surface area contributed by atoms with Crippen molar-refractivity contribution in [1.29, 1.82) is 0 Å². The van der Waals surface area contributed by atoms with Gasteiger partial charge in [0.1, 0.15) is 17.5 Å². The van der Waals surface area contributed by atoms with Gasteiger partial charge in [0.15, 0.2) is 0 Å². The molecular formula is C28H29N3O4. The molecule has 180 valence electrons. The number of benzene rings is 1. The van der Waals surface area contributed by atoms with Crippen LogP contribution < -0.4 is 5.32 Å². The molecule has 1 aliphatic carbocycles. The van der Waals surface area contributed by atoms with Crippen LogP contribution in [0.3, 0.4) is 0 Å². The number of urea groups is 1. The summed E-state index contributed by atoms with van der Waals surface area (Å²) < 4.78 is 0. The number of hydrogen-bond donors (Lipinski definition) is 1. The van der Waals surface area contributed by atoms with E-state index in [0.717, 1.165) is 22.3 Å². The number of nitrogens with zero attached hydrogens (tertiary/aromatic N) is 2. The van der Waals surface area contributed by atoms with Crippen LogP contribution in [-0.4, -0.2) is 46.5 Å². The van der Waals surface area contributed by atoms with Crippen LogP contribution in [-0.2, 0) is 9.59 Å². The number of piperidine rings is 1. The second-order valence-electron chi connectivity index (χ2n) is 9.61. The summed E-state index contributed by atoms with van der Waals surface area (Å²) in [5, 5.41) is 2.39. The quantitative estimate of drug-likeness (QED) is 0.532. The van der Waals surface area contributed by atoms with Crippen molar-refractivity contribution >= 4 is 23.5 Å². The molecule has 0 unspecified atom stereocenters. The SMILES string of the molecule is CC#Cc1cc(C)c(C2C(=O)CC3(CCN(C(=O)NC(=O)c4cccnc4)CC3)CC2=O)c(C)c1. The van der Waals surface area contributed by atoms with Crippen LogP contribution in [0.15, 0.2) is 36.7 Å². The van der Waals surface area contributed by atoms with Gasteiger partial charge in [0.05, 0.1) is 5.56 Å². The molecule has 2 aromatic rings. The van der Waals surface area contributed by atoms with E-state index in [2.05, 4.69) is 22.1 Å². The van der Waals surface area contributed by atoms with Crippen molar-refractivity contribution in [3.05, 3.63) is 64.5 Å². The van der Waals surface area contributed by atoms with E-state index >= 15 is 0 Å². The van der Waals surface area contributed by atoms with Crippen LogP contribution >= 0.6 is 0 Å². The molecule has 2 fully saturated rings. The zero-order valence-corrected chi connectivity index (χ0v) is 20.3. The third kappa shape index (κ3) is 5.02. The number of pyridine rings is 1. The zero-order chi connectivity index (χ0) is 25.2. The van der Waals surface area contributed by atoms with Crippen molar-refractivity contribution in [3.63, 3.8) is 0 Å². The highest BCUT2D eigenvalue weighted by Crippen LogP contribution is 2.46. The lowest BCUT2D eigenvalue weighted by atomic mass is 9.62. The maximum Gasteiger partial charge on any atom is 0.324 e. The lowest BCUT2D eigenvalue weighted by Crippen LogP contribution is -2.51. The molecule has 0 atom stereocenters. The highest BCUT2D eigenvalue weighted by molar-refractivity contribution is 6.10. The summed E-state index contributed by atoms with van der Waals surface area (Å²) in [6.07, 6.45) is 4.70. The third-order valence-electron chi connectivity index (χ3n) is 7.15. The summed E-state index contributed by atoms with van der Waals surface area (Å²) in [6.45, 7) is 6.41. The fraction of sp³-hybridized carbons (Fsp3) is 0.393. The van der Waals surface area contributed by atoms with E-state index in [-0.39, 0.29) is 11.6 Å². The molecule has 1 saturated carbocycles. The zero-order valence-electron chi connectivity index (χ0n) is 20.3. The lowest BCUT2D eigenvalue weighted by molar-refractivity contribution is -0.138. The Hall–Kier alpha value is -3.79. The Bertz CT molecular complexity index is 1200. The van der Waals surface area contributed by atoms with Gasteiger partial charge >= 0.3 is 6.03 Å². The first kappa shape index (κ1) is 24.3. The van der Waals surface area contributed by atoms with Gasteiger partial charge in [-0.15, -0.1) is 5.92 Å². The molecule has 1 saturated heterocycles. The summed E-state index contributed by atoms with van der Waals surface area (Å²) in [4.78, 5) is 57.0. The molecule has 35 heavy (non-hydrogen) atoms. The second kappa shape index (κ2) is 9.83. The Morgan fingerprint density at radius 3 is 2.26 bits per heavy atom. The van der Waals surface area contributed by atoms with Crippen molar-refractivity contribution in [3.8, 4) is 11.8 Å². The molecule has 0 bridgehead atoms. The number of hydrogen-bond acceptors (Lipinski definition) is 5. The van der Waals surface area contributed by atoms with Crippen molar-refractivity contribution in [1.82, 2.24) is 15.2 Å². The lowest BCUT2D eigenvalue weighted by Gasteiger charge is -2.44. The Kier molecular flexibility index (Phi) is 6.83. The number of ketones is 2. The van der Waals surface area contributed by atoms with Gasteiger partial charge in [-0.1, -0.05) is 5.92 Å². The molecular weight excluding hydrogens is 442 g/mol. The number of imide groups is 1. The average Bonchev–Trinajstić information content (AvgIpc) is 2.81. The van der Waals surface area contributed by atoms with E-state index < -0.39 is 23.3 Å². The van der Waals surface area contributed by atoms with Gasteiger partial charge in [-0.3, -0.25) is 24.7 Å². The van der Waals surface area contributed by atoms with Crippen LogP contribution in [0.5, 0.6) is 0 Å². The van der Waals surface area contributed by atoms with Crippen LogP contribution in [0.1, 0.15) is 71.1 Å². The molecule has 1 aliphatic heterocycles. The minimum atomic E-state index is -0.734. The number of Topliss-reactive ketones (excluding diaryl/α,β-unsaturated/α-hetero) is 2. The Morgan fingerprint density at radius 1 is 1.09 bits per heavy atom. The summed E-state index contributed by atoms with van der Waals surface area (Å²) in [7, 11) is 0. The van der Waals surface area contributed by atoms with Gasteiger partial charge < -0.3 is 4.90 Å². The normalized spacial score (nSPS) is 17.6. The van der Waals surface area contributed by atoms with Crippen LogP contribution in [0.25, 0.3) is 0 Å². The first-order valence-corrected chi connectivity index (χ1v) is 11.8. The number of carbonyl (C=O) groups excluding carboxylic acids is 4. The summed E-state index contributed by atoms with van der Waals surface area (Å²) >= 11 is 0. The van der Waals surface area contributed by atoms with Crippen molar-refractivity contribution in [2.75, 3.05) is 13.1 Å². The molecule has 7 nitrogen and oxygen atoms in total. The van der Waals surface area contributed by atoms with Crippen LogP contribution in [0.4, 0.5) is 4.79 Å². The van der Waals surface area contributed by atoms with E-state index in [1.54, 1.807) is 30.2 Å². The Balaban J connectivity index is 1.42. The molecule has 0 radical (unpaired) electrons. The summed E-state index contributed by atoms with van der Waals surface area (Å²) in [6, 6.07) is 6.62. The van der Waals surface area contributed by atoms with Crippen molar-refractivity contribution < 1.29 is 19.2 Å². The minimum absolute atomic E-state index is 0.0496. The summed E-state index contributed by atoms with van der Waals surface area (Å²) in [5.41, 5.74) is 3.40. The van der Waals surface area contributed by atoms with E-state index in [1.807, 2.05) is 26.0 Å². The average molecular weight is 472 g/mol. The van der Waals surface area contributed by atoms with E-state index in [9.17, 15) is 19.2 Å². The first-order chi connectivity index (χ1) is 16.7. The topological polar surface area (TPSA) is 96.4 Å². The molecule has 1 aromatic carbocycles. The number of aryl methyl sites for hydroxylation is 2. The number of rotatable bonds is 2. The Morgan fingerprint density at radius 2 is 1.71 bits per heavy atom. The molecule has 3 amide bonds. The standard InChI is InChI=1S/C28H29N3O4/c1-4-6-20-13-18(2)24(19(3)14-20)25-22(32)15-28(16-23(25)33)8-11-31(12-9-28)27(35)30-26(34)21-7-5-10-29-17-21/h5,7,10,13-14,17,25H,8-9,11-12,15-16H2,1-3H3,(H,30,34,35). The predicted molar refractivity (Wildman–Crippen MR) is 131 cm³/mol. The van der Waals surface area contributed by atoms with Crippen LogP contribution in [0.2, 0.25) is 0 Å². The molecule has 1 spiro atoms. The largest absolute Gasteiger partial charge is 0.324 e. The maximum absolute atomic E-state index is 13.3. The van der Waals surface area contributed by atoms with Gasteiger partial charge in [-0.05, 0) is 80.0 Å². The van der Waals surface area contributed by atoms with Gasteiger partial charge in [-0.2, -0.15) is 0 Å². The van der Waals surface area contributed by atoms with E-state index in [4.69, 9.17) is 0 Å². The highest BCUT2D eigenvalue weighted by Gasteiger charge is 2.47. The third-order valence-corrected chi connectivity index (χ3v) is 7.15. The summed E-state index contributed by atoms with van der Waals surface area (Å²) in [5.74, 6) is 4.59. The molecule has 1 N–H and O–H groups in total. The van der Waals surface area contributed by atoms with Crippen molar-refractivity contribution in [2.24, 2.45) is 5.41 Å². The van der Waals surface area contributed by atoms with Gasteiger partial charge in [0.2, 0.25) is 0 Å². The van der Waals surface area contributed by atoms with Crippen molar-refractivity contribution in [2.45, 2.75) is 52.4 Å². The van der Waals surface area contributed by atoms with Gasteiger partial charge in [0, 0.05) is 43.9 Å². The number of amides is 3. The maximum atomic E-state index is 13.3. The predicted octanol–water partition coefficient (Wildman–Crippen LogP) is 3.72. The van der Waals surface area contributed by atoms with Gasteiger partial charge in [0.25, 0.3) is 5.91 Å². The fourth-order valence-electron chi connectivity index (χ4n) is 5.44. The van der Waals surface area contributed by atoms with E-state index in [1.165, 1.54) is 6.20 Å². The fourth-order valence-corrected chi connectivity index (χ4v) is 5.44.